The molecule has 2 aromatic rings. The first-order valence-electron chi connectivity index (χ1n) is 7.31. The molecule has 0 amide bonds. The summed E-state index contributed by atoms with van der Waals surface area (Å²) in [7, 11) is 1.65. The molecule has 0 bridgehead atoms. The highest BCUT2D eigenvalue weighted by Crippen LogP contribution is 2.32. The fourth-order valence-corrected chi connectivity index (χ4v) is 2.12. The fraction of sp³-hybridized carbons (Fsp3) is 0.278. The molecule has 0 saturated heterocycles. The molecule has 0 unspecified atom stereocenters. The van der Waals surface area contributed by atoms with Crippen molar-refractivity contribution in [1.29, 1.82) is 0 Å². The largest absolute Gasteiger partial charge is 0.496 e. The Kier molecular flexibility index (Phi) is 6.44. The van der Waals surface area contributed by atoms with E-state index in [1.54, 1.807) is 7.11 Å². The third kappa shape index (κ3) is 4.72. The minimum atomic E-state index is -0.449. The Morgan fingerprint density at radius 1 is 1.00 bits per heavy atom. The minimum Gasteiger partial charge on any atom is -0.496 e. The molecule has 0 heterocycles. The molecule has 122 valence electrons. The van der Waals surface area contributed by atoms with Gasteiger partial charge in [-0.1, -0.05) is 30.8 Å². The zero-order valence-corrected chi connectivity index (χ0v) is 13.1. The Hall–Kier alpha value is -2.53. The number of methoxy groups -OCH3 is 1. The van der Waals surface area contributed by atoms with Crippen LogP contribution < -0.4 is 9.47 Å². The molecule has 0 aliphatic rings. The average molecular weight is 316 g/mol. The number of carbonyl (C=O) groups is 1. The summed E-state index contributed by atoms with van der Waals surface area (Å²) in [5.74, 6) is 1.14. The van der Waals surface area contributed by atoms with Crippen LogP contribution in [-0.2, 0) is 14.3 Å². The molecule has 0 fully saturated rings. The van der Waals surface area contributed by atoms with Gasteiger partial charge in [0.15, 0.2) is 0 Å². The lowest BCUT2D eigenvalue weighted by Gasteiger charge is -2.12. The zero-order chi connectivity index (χ0) is 16.5. The maximum atomic E-state index is 10.8. The molecule has 0 saturated carbocycles. The van der Waals surface area contributed by atoms with Gasteiger partial charge in [-0.15, -0.1) is 0 Å². The van der Waals surface area contributed by atoms with Gasteiger partial charge in [-0.3, -0.25) is 0 Å². The van der Waals surface area contributed by atoms with Gasteiger partial charge < -0.3 is 18.9 Å². The Morgan fingerprint density at radius 3 is 2.35 bits per heavy atom. The van der Waals surface area contributed by atoms with Crippen molar-refractivity contribution in [3.8, 4) is 11.5 Å². The topological polar surface area (TPSA) is 54.0 Å². The lowest BCUT2D eigenvalue weighted by molar-refractivity contribution is -0.139. The first-order valence-corrected chi connectivity index (χ1v) is 7.31. The maximum Gasteiger partial charge on any atom is 0.330 e. The predicted octanol–water partition coefficient (Wildman–Crippen LogP) is 2.97. The molecular weight excluding hydrogens is 296 g/mol. The summed E-state index contributed by atoms with van der Waals surface area (Å²) in [5.41, 5.74) is 0. The van der Waals surface area contributed by atoms with Crippen molar-refractivity contribution >= 4 is 16.7 Å². The number of esters is 1. The quantitative estimate of drug-likeness (QED) is 0.404. The van der Waals surface area contributed by atoms with Gasteiger partial charge in [0, 0.05) is 16.8 Å². The van der Waals surface area contributed by atoms with Crippen molar-refractivity contribution in [2.75, 3.05) is 33.5 Å². The molecule has 0 aliphatic heterocycles. The van der Waals surface area contributed by atoms with E-state index in [0.717, 1.165) is 28.3 Å². The molecule has 0 atom stereocenters. The SMILES string of the molecule is C=CC(=O)OCCOCCOc1ccc(OC)c2ccccc12. The second-order valence-corrected chi connectivity index (χ2v) is 4.64. The summed E-state index contributed by atoms with van der Waals surface area (Å²) < 4.78 is 21.3. The molecule has 0 N–H and O–H groups in total. The highest BCUT2D eigenvalue weighted by atomic mass is 16.6. The summed E-state index contributed by atoms with van der Waals surface area (Å²) >= 11 is 0. The second-order valence-electron chi connectivity index (χ2n) is 4.64. The third-order valence-electron chi connectivity index (χ3n) is 3.19. The molecule has 2 rings (SSSR count). The van der Waals surface area contributed by atoms with Gasteiger partial charge in [-0.05, 0) is 12.1 Å². The van der Waals surface area contributed by atoms with Crippen molar-refractivity contribution in [2.24, 2.45) is 0 Å². The fourth-order valence-electron chi connectivity index (χ4n) is 2.12. The first kappa shape index (κ1) is 16.8. The Bertz CT molecular complexity index is 666. The van der Waals surface area contributed by atoms with E-state index in [2.05, 4.69) is 6.58 Å². The van der Waals surface area contributed by atoms with E-state index in [0.29, 0.717) is 19.8 Å². The van der Waals surface area contributed by atoms with E-state index in [1.165, 1.54) is 0 Å². The number of fused-ring (bicyclic) bond motifs is 1. The molecular formula is C18H20O5. The van der Waals surface area contributed by atoms with E-state index in [1.807, 2.05) is 36.4 Å². The predicted molar refractivity (Wildman–Crippen MR) is 88.0 cm³/mol. The smallest absolute Gasteiger partial charge is 0.330 e. The Morgan fingerprint density at radius 2 is 1.65 bits per heavy atom. The number of benzene rings is 2. The average Bonchev–Trinajstić information content (AvgIpc) is 2.60. The van der Waals surface area contributed by atoms with Crippen LogP contribution in [0.3, 0.4) is 0 Å². The number of ether oxygens (including phenoxy) is 4. The van der Waals surface area contributed by atoms with Crippen LogP contribution in [0.15, 0.2) is 49.1 Å². The van der Waals surface area contributed by atoms with Crippen molar-refractivity contribution in [1.82, 2.24) is 0 Å². The Balaban J connectivity index is 1.81. The lowest BCUT2D eigenvalue weighted by Crippen LogP contribution is -2.12. The van der Waals surface area contributed by atoms with Crippen LogP contribution in [0, 0.1) is 0 Å². The molecule has 2 aromatic carbocycles. The van der Waals surface area contributed by atoms with Crippen LogP contribution in [0.2, 0.25) is 0 Å². The van der Waals surface area contributed by atoms with E-state index in [-0.39, 0.29) is 6.61 Å². The van der Waals surface area contributed by atoms with Crippen molar-refractivity contribution in [3.63, 3.8) is 0 Å². The van der Waals surface area contributed by atoms with Gasteiger partial charge in [-0.25, -0.2) is 4.79 Å². The summed E-state index contributed by atoms with van der Waals surface area (Å²) in [6.45, 7) is 4.66. The molecule has 0 aliphatic carbocycles. The van der Waals surface area contributed by atoms with E-state index in [9.17, 15) is 4.79 Å². The van der Waals surface area contributed by atoms with Gasteiger partial charge in [0.05, 0.1) is 20.3 Å². The van der Waals surface area contributed by atoms with E-state index in [4.69, 9.17) is 18.9 Å². The lowest BCUT2D eigenvalue weighted by atomic mass is 10.1. The van der Waals surface area contributed by atoms with Crippen LogP contribution >= 0.6 is 0 Å². The van der Waals surface area contributed by atoms with Crippen molar-refractivity contribution in [3.05, 3.63) is 49.1 Å². The molecule has 0 spiro atoms. The van der Waals surface area contributed by atoms with Crippen LogP contribution in [0.1, 0.15) is 0 Å². The second kappa shape index (κ2) is 8.80. The molecule has 5 nitrogen and oxygen atoms in total. The molecule has 0 aromatic heterocycles. The van der Waals surface area contributed by atoms with Gasteiger partial charge >= 0.3 is 5.97 Å². The minimum absolute atomic E-state index is 0.205. The molecule has 5 heteroatoms. The van der Waals surface area contributed by atoms with E-state index < -0.39 is 5.97 Å². The summed E-state index contributed by atoms with van der Waals surface area (Å²) in [6, 6.07) is 11.7. The van der Waals surface area contributed by atoms with Crippen LogP contribution in [0.4, 0.5) is 0 Å². The normalized spacial score (nSPS) is 10.3. The van der Waals surface area contributed by atoms with E-state index >= 15 is 0 Å². The summed E-state index contributed by atoms with van der Waals surface area (Å²) in [4.78, 5) is 10.8. The number of rotatable bonds is 9. The highest BCUT2D eigenvalue weighted by Gasteiger charge is 2.06. The van der Waals surface area contributed by atoms with Gasteiger partial charge in [0.2, 0.25) is 0 Å². The van der Waals surface area contributed by atoms with Crippen molar-refractivity contribution < 1.29 is 23.7 Å². The first-order chi connectivity index (χ1) is 11.3. The molecule has 23 heavy (non-hydrogen) atoms. The third-order valence-corrected chi connectivity index (χ3v) is 3.19. The van der Waals surface area contributed by atoms with Gasteiger partial charge in [-0.2, -0.15) is 0 Å². The maximum absolute atomic E-state index is 10.8. The zero-order valence-electron chi connectivity index (χ0n) is 13.1. The highest BCUT2D eigenvalue weighted by molar-refractivity contribution is 5.93. The van der Waals surface area contributed by atoms with Gasteiger partial charge in [0.25, 0.3) is 0 Å². The number of hydrogen-bond donors (Lipinski definition) is 0. The van der Waals surface area contributed by atoms with Crippen LogP contribution in [0.25, 0.3) is 10.8 Å². The summed E-state index contributed by atoms with van der Waals surface area (Å²) in [5, 5.41) is 2.00. The van der Waals surface area contributed by atoms with Crippen LogP contribution in [-0.4, -0.2) is 39.5 Å². The molecule has 0 radical (unpaired) electrons. The number of hydrogen-bond acceptors (Lipinski definition) is 5. The van der Waals surface area contributed by atoms with Crippen LogP contribution in [0.5, 0.6) is 11.5 Å². The monoisotopic (exact) mass is 316 g/mol. The Labute approximate surface area is 135 Å². The summed E-state index contributed by atoms with van der Waals surface area (Å²) in [6.07, 6.45) is 1.12. The van der Waals surface area contributed by atoms with Crippen molar-refractivity contribution in [2.45, 2.75) is 0 Å². The standard InChI is InChI=1S/C18H20O5/c1-3-18(19)23-13-11-21-10-12-22-17-9-8-16(20-2)14-6-4-5-7-15(14)17/h3-9H,1,10-13H2,2H3. The number of carbonyl (C=O) groups excluding carboxylic acids is 1. The van der Waals surface area contributed by atoms with Gasteiger partial charge in [0.1, 0.15) is 24.7 Å².